The number of nitrogens with one attached hydrogen (secondary N) is 1. The van der Waals surface area contributed by atoms with E-state index in [1.807, 2.05) is 6.92 Å². The van der Waals surface area contributed by atoms with Crippen LogP contribution < -0.4 is 4.72 Å². The van der Waals surface area contributed by atoms with Gasteiger partial charge in [-0.1, -0.05) is 11.3 Å². The summed E-state index contributed by atoms with van der Waals surface area (Å²) < 4.78 is 26.7. The summed E-state index contributed by atoms with van der Waals surface area (Å²) in [6.45, 7) is 1.82. The molecular formula is C11H10N2O4S3. The first kappa shape index (κ1) is 14.7. The third-order valence-corrected chi connectivity index (χ3v) is 5.95. The van der Waals surface area contributed by atoms with E-state index in [4.69, 9.17) is 5.11 Å². The molecule has 0 bridgehead atoms. The highest BCUT2D eigenvalue weighted by Gasteiger charge is 2.17. The fourth-order valence-corrected chi connectivity index (χ4v) is 4.53. The predicted octanol–water partition coefficient (Wildman–Crippen LogP) is 2.41. The molecule has 0 spiro atoms. The SMILES string of the molecule is Cc1ccc(S(=O)(=O)Nc2ncc(C=CC(=O)O)s2)s1. The number of carboxylic acid groups (broad SMARTS) is 1. The number of sulfonamides is 1. The van der Waals surface area contributed by atoms with Gasteiger partial charge < -0.3 is 5.11 Å². The van der Waals surface area contributed by atoms with Crippen molar-refractivity contribution in [2.24, 2.45) is 0 Å². The fourth-order valence-electron chi connectivity index (χ4n) is 1.29. The number of carboxylic acids is 1. The van der Waals surface area contributed by atoms with Gasteiger partial charge in [-0.3, -0.25) is 4.72 Å². The van der Waals surface area contributed by atoms with Crippen LogP contribution in [-0.4, -0.2) is 24.5 Å². The van der Waals surface area contributed by atoms with Crippen molar-refractivity contribution in [1.82, 2.24) is 4.98 Å². The van der Waals surface area contributed by atoms with E-state index in [1.54, 1.807) is 6.07 Å². The first-order chi connectivity index (χ1) is 9.37. The summed E-state index contributed by atoms with van der Waals surface area (Å²) in [5.41, 5.74) is 0. The molecule has 9 heteroatoms. The molecule has 2 heterocycles. The number of carbonyl (C=O) groups is 1. The van der Waals surface area contributed by atoms with Crippen LogP contribution in [0.4, 0.5) is 5.13 Å². The summed E-state index contributed by atoms with van der Waals surface area (Å²) in [7, 11) is -3.63. The summed E-state index contributed by atoms with van der Waals surface area (Å²) in [5, 5.41) is 8.70. The van der Waals surface area contributed by atoms with Crippen molar-refractivity contribution in [2.75, 3.05) is 4.72 Å². The number of anilines is 1. The van der Waals surface area contributed by atoms with Crippen LogP contribution in [0.2, 0.25) is 0 Å². The van der Waals surface area contributed by atoms with Gasteiger partial charge in [0.05, 0.1) is 0 Å². The number of thiazole rings is 1. The zero-order valence-electron chi connectivity index (χ0n) is 10.2. The maximum Gasteiger partial charge on any atom is 0.328 e. The molecule has 0 aliphatic heterocycles. The Morgan fingerprint density at radius 3 is 2.75 bits per heavy atom. The van der Waals surface area contributed by atoms with E-state index in [-0.39, 0.29) is 9.34 Å². The van der Waals surface area contributed by atoms with Gasteiger partial charge in [0.25, 0.3) is 10.0 Å². The molecule has 0 amide bonds. The van der Waals surface area contributed by atoms with Crippen molar-refractivity contribution in [3.8, 4) is 0 Å². The average Bonchev–Trinajstić information content (AvgIpc) is 2.95. The standard InChI is InChI=1S/C11H10N2O4S3/c1-7-2-5-10(18-7)20(16,17)13-11-12-6-8(19-11)3-4-9(14)15/h2-6H,1H3,(H,12,13)(H,14,15). The van der Waals surface area contributed by atoms with E-state index in [2.05, 4.69) is 9.71 Å². The molecule has 0 fully saturated rings. The van der Waals surface area contributed by atoms with Crippen LogP contribution in [0.25, 0.3) is 6.08 Å². The number of nitrogens with zero attached hydrogens (tertiary/aromatic N) is 1. The second kappa shape index (κ2) is 5.73. The molecule has 0 radical (unpaired) electrons. The van der Waals surface area contributed by atoms with Gasteiger partial charge in [-0.05, 0) is 25.1 Å². The minimum absolute atomic E-state index is 0.195. The summed E-state index contributed by atoms with van der Waals surface area (Å²) in [6, 6.07) is 3.25. The van der Waals surface area contributed by atoms with Crippen LogP contribution in [0, 0.1) is 6.92 Å². The van der Waals surface area contributed by atoms with Gasteiger partial charge in [-0.25, -0.2) is 18.2 Å². The molecule has 106 valence electrons. The van der Waals surface area contributed by atoms with Crippen molar-refractivity contribution < 1.29 is 18.3 Å². The third kappa shape index (κ3) is 3.65. The van der Waals surface area contributed by atoms with Crippen molar-refractivity contribution in [1.29, 1.82) is 0 Å². The molecule has 0 atom stereocenters. The Kier molecular flexibility index (Phi) is 4.21. The van der Waals surface area contributed by atoms with E-state index in [0.717, 1.165) is 22.3 Å². The molecule has 0 aliphatic rings. The second-order valence-electron chi connectivity index (χ2n) is 3.71. The van der Waals surface area contributed by atoms with E-state index in [0.29, 0.717) is 4.88 Å². The Morgan fingerprint density at radius 1 is 1.40 bits per heavy atom. The molecule has 0 saturated carbocycles. The van der Waals surface area contributed by atoms with Gasteiger partial charge in [-0.2, -0.15) is 0 Å². The summed E-state index contributed by atoms with van der Waals surface area (Å²) in [5.74, 6) is -1.07. The summed E-state index contributed by atoms with van der Waals surface area (Å²) in [4.78, 5) is 15.7. The normalized spacial score (nSPS) is 11.8. The first-order valence-corrected chi connectivity index (χ1v) is 8.44. The minimum atomic E-state index is -3.63. The Balaban J connectivity index is 2.16. The van der Waals surface area contributed by atoms with Crippen LogP contribution in [0.15, 0.2) is 28.6 Å². The lowest BCUT2D eigenvalue weighted by Gasteiger charge is -2.01. The topological polar surface area (TPSA) is 96.4 Å². The van der Waals surface area contributed by atoms with Crippen molar-refractivity contribution in [3.05, 3.63) is 34.2 Å². The lowest BCUT2D eigenvalue weighted by Crippen LogP contribution is -2.10. The van der Waals surface area contributed by atoms with Crippen molar-refractivity contribution in [3.63, 3.8) is 0 Å². The molecule has 0 unspecified atom stereocenters. The number of thiophene rings is 1. The molecule has 2 aromatic rings. The lowest BCUT2D eigenvalue weighted by molar-refractivity contribution is -0.131. The zero-order chi connectivity index (χ0) is 14.8. The van der Waals surface area contributed by atoms with Crippen LogP contribution in [0.1, 0.15) is 9.75 Å². The van der Waals surface area contributed by atoms with Crippen LogP contribution >= 0.6 is 22.7 Å². The summed E-state index contributed by atoms with van der Waals surface area (Å²) >= 11 is 2.23. The molecular weight excluding hydrogens is 320 g/mol. The van der Waals surface area contributed by atoms with E-state index < -0.39 is 16.0 Å². The van der Waals surface area contributed by atoms with E-state index >= 15 is 0 Å². The number of rotatable bonds is 5. The highest BCUT2D eigenvalue weighted by atomic mass is 32.2. The van der Waals surface area contributed by atoms with E-state index in [1.165, 1.54) is 29.7 Å². The Hall–Kier alpha value is -1.71. The molecule has 2 N–H and O–H groups in total. The van der Waals surface area contributed by atoms with E-state index in [9.17, 15) is 13.2 Å². The van der Waals surface area contributed by atoms with Crippen LogP contribution in [0.3, 0.4) is 0 Å². The van der Waals surface area contributed by atoms with Gasteiger partial charge in [0.2, 0.25) is 0 Å². The summed E-state index contributed by atoms with van der Waals surface area (Å²) in [6.07, 6.45) is 3.73. The number of aromatic nitrogens is 1. The molecule has 2 rings (SSSR count). The monoisotopic (exact) mass is 330 g/mol. The van der Waals surface area contributed by atoms with Gasteiger partial charge in [0.15, 0.2) is 5.13 Å². The Morgan fingerprint density at radius 2 is 2.15 bits per heavy atom. The first-order valence-electron chi connectivity index (χ1n) is 5.33. The third-order valence-electron chi connectivity index (χ3n) is 2.12. The number of hydrogen-bond donors (Lipinski definition) is 2. The fraction of sp³-hybridized carbons (Fsp3) is 0.0909. The van der Waals surface area contributed by atoms with Gasteiger partial charge >= 0.3 is 5.97 Å². The Labute approximate surface area is 123 Å². The molecule has 0 aliphatic carbocycles. The zero-order valence-corrected chi connectivity index (χ0v) is 12.7. The molecule has 0 saturated heterocycles. The van der Waals surface area contributed by atoms with Gasteiger partial charge in [0.1, 0.15) is 4.21 Å². The molecule has 20 heavy (non-hydrogen) atoms. The highest BCUT2D eigenvalue weighted by molar-refractivity contribution is 7.94. The quantitative estimate of drug-likeness (QED) is 0.821. The minimum Gasteiger partial charge on any atom is -0.478 e. The molecule has 0 aromatic carbocycles. The highest BCUT2D eigenvalue weighted by Crippen LogP contribution is 2.26. The maximum atomic E-state index is 12.0. The predicted molar refractivity (Wildman–Crippen MR) is 78.6 cm³/mol. The maximum absolute atomic E-state index is 12.0. The largest absolute Gasteiger partial charge is 0.478 e. The second-order valence-corrected chi connectivity index (χ2v) is 7.97. The smallest absolute Gasteiger partial charge is 0.328 e. The molecule has 6 nitrogen and oxygen atoms in total. The lowest BCUT2D eigenvalue weighted by atomic mass is 10.4. The molecule has 2 aromatic heterocycles. The van der Waals surface area contributed by atoms with Gasteiger partial charge in [0, 0.05) is 22.0 Å². The number of aliphatic carboxylic acids is 1. The van der Waals surface area contributed by atoms with Crippen molar-refractivity contribution in [2.45, 2.75) is 11.1 Å². The number of hydrogen-bond acceptors (Lipinski definition) is 6. The Bertz CT molecular complexity index is 758. The van der Waals surface area contributed by atoms with Crippen molar-refractivity contribution >= 4 is 49.9 Å². The average molecular weight is 330 g/mol. The van der Waals surface area contributed by atoms with Crippen LogP contribution in [-0.2, 0) is 14.8 Å². The van der Waals surface area contributed by atoms with Crippen LogP contribution in [0.5, 0.6) is 0 Å². The number of aryl methyl sites for hydroxylation is 1. The van der Waals surface area contributed by atoms with Gasteiger partial charge in [-0.15, -0.1) is 11.3 Å².